The molecule has 0 saturated carbocycles. The molecule has 1 aromatic carbocycles. The number of halogens is 4. The molecule has 1 aliphatic heterocycles. The number of fused-ring (bicyclic) bond motifs is 1. The fourth-order valence-electron chi connectivity index (χ4n) is 2.66. The third-order valence-corrected chi connectivity index (χ3v) is 4.12. The summed E-state index contributed by atoms with van der Waals surface area (Å²) in [7, 11) is 0. The Labute approximate surface area is 144 Å². The van der Waals surface area contributed by atoms with Crippen molar-refractivity contribution >= 4 is 17.0 Å². The molecule has 1 unspecified atom stereocenters. The number of aromatic nitrogens is 4. The lowest BCUT2D eigenvalue weighted by Crippen LogP contribution is -2.24. The molecule has 2 aromatic heterocycles. The normalized spacial score (nSPS) is 17.3. The number of alkyl halides is 3. The molecule has 3 heterocycles. The van der Waals surface area contributed by atoms with Gasteiger partial charge < -0.3 is 10.1 Å². The lowest BCUT2D eigenvalue weighted by Gasteiger charge is -2.27. The van der Waals surface area contributed by atoms with Gasteiger partial charge >= 0.3 is 12.3 Å². The standard InChI is InChI=1S/C16H13F4N5O/c17-15-23-13(12-14(24-15)25(8-22-12)11-5-6-26-11)21-7-9-1-3-10(4-2-9)16(18,19)20/h1-4,8,11H,5-7H2,(H,21,23,24). The molecular formula is C16H13F4N5O. The molecule has 4 rings (SSSR count). The largest absolute Gasteiger partial charge is 0.416 e. The Morgan fingerprint density at radius 3 is 2.54 bits per heavy atom. The molecular weight excluding hydrogens is 354 g/mol. The summed E-state index contributed by atoms with van der Waals surface area (Å²) < 4.78 is 58.6. The van der Waals surface area contributed by atoms with Gasteiger partial charge in [0.2, 0.25) is 0 Å². The minimum Gasteiger partial charge on any atom is -0.364 e. The Bertz CT molecular complexity index is 934. The first-order valence-electron chi connectivity index (χ1n) is 7.83. The third kappa shape index (κ3) is 3.07. The van der Waals surface area contributed by atoms with E-state index in [-0.39, 0.29) is 18.6 Å². The highest BCUT2D eigenvalue weighted by atomic mass is 19.4. The Morgan fingerprint density at radius 1 is 1.19 bits per heavy atom. The maximum atomic E-state index is 13.8. The molecule has 0 spiro atoms. The molecule has 3 aromatic rings. The molecule has 0 aliphatic carbocycles. The second kappa shape index (κ2) is 6.20. The van der Waals surface area contributed by atoms with Gasteiger partial charge in [0.25, 0.3) is 0 Å². The van der Waals surface area contributed by atoms with Crippen molar-refractivity contribution in [2.24, 2.45) is 0 Å². The number of rotatable bonds is 4. The first-order chi connectivity index (χ1) is 12.4. The van der Waals surface area contributed by atoms with Crippen LogP contribution in [0.1, 0.15) is 23.8 Å². The Hall–Kier alpha value is -2.75. The van der Waals surface area contributed by atoms with Crippen molar-refractivity contribution in [1.29, 1.82) is 0 Å². The highest BCUT2D eigenvalue weighted by Crippen LogP contribution is 2.30. The zero-order chi connectivity index (χ0) is 18.3. The highest BCUT2D eigenvalue weighted by molar-refractivity contribution is 5.82. The predicted octanol–water partition coefficient (Wildman–Crippen LogP) is 3.52. The molecule has 1 fully saturated rings. The number of imidazole rings is 1. The molecule has 26 heavy (non-hydrogen) atoms. The molecule has 1 atom stereocenters. The summed E-state index contributed by atoms with van der Waals surface area (Å²) >= 11 is 0. The van der Waals surface area contributed by atoms with Crippen LogP contribution in [0.2, 0.25) is 0 Å². The molecule has 1 aliphatic rings. The van der Waals surface area contributed by atoms with E-state index in [1.165, 1.54) is 18.5 Å². The van der Waals surface area contributed by atoms with Crippen molar-refractivity contribution in [3.05, 3.63) is 47.8 Å². The van der Waals surface area contributed by atoms with E-state index in [2.05, 4.69) is 20.3 Å². The highest BCUT2D eigenvalue weighted by Gasteiger charge is 2.30. The van der Waals surface area contributed by atoms with E-state index in [1.54, 1.807) is 4.57 Å². The average Bonchev–Trinajstić information content (AvgIpc) is 2.94. The van der Waals surface area contributed by atoms with Gasteiger partial charge in [-0.05, 0) is 17.7 Å². The van der Waals surface area contributed by atoms with E-state index in [0.29, 0.717) is 23.3 Å². The number of hydrogen-bond donors (Lipinski definition) is 1. The SMILES string of the molecule is Fc1nc(NCc2ccc(C(F)(F)F)cc2)c2ncn(C3CCO3)c2n1. The zero-order valence-corrected chi connectivity index (χ0v) is 13.3. The van der Waals surface area contributed by atoms with Crippen LogP contribution in [-0.4, -0.2) is 26.1 Å². The molecule has 0 radical (unpaired) electrons. The monoisotopic (exact) mass is 367 g/mol. The van der Waals surface area contributed by atoms with E-state index < -0.39 is 17.8 Å². The van der Waals surface area contributed by atoms with Crippen molar-refractivity contribution in [1.82, 2.24) is 19.5 Å². The second-order valence-electron chi connectivity index (χ2n) is 5.83. The number of ether oxygens (including phenoxy) is 1. The van der Waals surface area contributed by atoms with Crippen molar-refractivity contribution in [2.45, 2.75) is 25.4 Å². The van der Waals surface area contributed by atoms with Crippen LogP contribution in [0.5, 0.6) is 0 Å². The minimum absolute atomic E-state index is 0.163. The smallest absolute Gasteiger partial charge is 0.364 e. The van der Waals surface area contributed by atoms with Crippen LogP contribution in [0.3, 0.4) is 0 Å². The van der Waals surface area contributed by atoms with Crippen molar-refractivity contribution in [3.63, 3.8) is 0 Å². The van der Waals surface area contributed by atoms with Crippen molar-refractivity contribution in [3.8, 4) is 0 Å². The van der Waals surface area contributed by atoms with Crippen molar-refractivity contribution in [2.75, 3.05) is 11.9 Å². The van der Waals surface area contributed by atoms with Gasteiger partial charge in [-0.25, -0.2) is 4.98 Å². The lowest BCUT2D eigenvalue weighted by atomic mass is 10.1. The molecule has 1 saturated heterocycles. The van der Waals surface area contributed by atoms with Crippen LogP contribution in [0.15, 0.2) is 30.6 Å². The minimum atomic E-state index is -4.38. The van der Waals surface area contributed by atoms with Crippen LogP contribution >= 0.6 is 0 Å². The van der Waals surface area contributed by atoms with Crippen LogP contribution < -0.4 is 5.32 Å². The molecule has 0 bridgehead atoms. The Balaban J connectivity index is 1.56. The summed E-state index contributed by atoms with van der Waals surface area (Å²) in [6, 6.07) is 4.70. The van der Waals surface area contributed by atoms with Crippen molar-refractivity contribution < 1.29 is 22.3 Å². The Morgan fingerprint density at radius 2 is 1.92 bits per heavy atom. The number of nitrogens with one attached hydrogen (secondary N) is 1. The number of benzene rings is 1. The van der Waals surface area contributed by atoms with Crippen LogP contribution in [-0.2, 0) is 17.5 Å². The van der Waals surface area contributed by atoms with E-state index in [9.17, 15) is 17.6 Å². The van der Waals surface area contributed by atoms with Gasteiger partial charge in [0.15, 0.2) is 17.0 Å². The first kappa shape index (κ1) is 16.7. The topological polar surface area (TPSA) is 64.9 Å². The van der Waals surface area contributed by atoms with Gasteiger partial charge in [0, 0.05) is 13.0 Å². The molecule has 1 N–H and O–H groups in total. The zero-order valence-electron chi connectivity index (χ0n) is 13.3. The van der Waals surface area contributed by atoms with E-state index in [1.807, 2.05) is 0 Å². The summed E-state index contributed by atoms with van der Waals surface area (Å²) in [5, 5.41) is 2.90. The van der Waals surface area contributed by atoms with Gasteiger partial charge in [-0.1, -0.05) is 12.1 Å². The van der Waals surface area contributed by atoms with Crippen LogP contribution in [0.4, 0.5) is 23.4 Å². The second-order valence-corrected chi connectivity index (χ2v) is 5.83. The number of nitrogens with zero attached hydrogens (tertiary/aromatic N) is 4. The molecule has 136 valence electrons. The first-order valence-corrected chi connectivity index (χ1v) is 7.83. The number of anilines is 1. The maximum Gasteiger partial charge on any atom is 0.416 e. The van der Waals surface area contributed by atoms with Gasteiger partial charge in [-0.15, -0.1) is 0 Å². The molecule has 10 heteroatoms. The van der Waals surface area contributed by atoms with Crippen LogP contribution in [0.25, 0.3) is 11.2 Å². The fourth-order valence-corrected chi connectivity index (χ4v) is 2.66. The summed E-state index contributed by atoms with van der Waals surface area (Å²) in [5.74, 6) is 0.172. The van der Waals surface area contributed by atoms with E-state index >= 15 is 0 Å². The van der Waals surface area contributed by atoms with Gasteiger partial charge in [0.1, 0.15) is 6.23 Å². The van der Waals surface area contributed by atoms with Gasteiger partial charge in [0.05, 0.1) is 18.5 Å². The van der Waals surface area contributed by atoms with Crippen LogP contribution in [0, 0.1) is 6.08 Å². The predicted molar refractivity (Wildman–Crippen MR) is 83.7 cm³/mol. The van der Waals surface area contributed by atoms with Gasteiger partial charge in [-0.2, -0.15) is 27.5 Å². The average molecular weight is 367 g/mol. The third-order valence-electron chi connectivity index (χ3n) is 4.12. The molecule has 6 nitrogen and oxygen atoms in total. The lowest BCUT2D eigenvalue weighted by molar-refractivity contribution is -0.137. The van der Waals surface area contributed by atoms with Gasteiger partial charge in [-0.3, -0.25) is 4.57 Å². The summed E-state index contributed by atoms with van der Waals surface area (Å²) in [4.78, 5) is 11.7. The fraction of sp³-hybridized carbons (Fsp3) is 0.312. The summed E-state index contributed by atoms with van der Waals surface area (Å²) in [6.45, 7) is 0.785. The molecule has 0 amide bonds. The maximum absolute atomic E-state index is 13.8. The van der Waals surface area contributed by atoms with E-state index in [4.69, 9.17) is 4.74 Å². The number of hydrogen-bond acceptors (Lipinski definition) is 5. The summed E-state index contributed by atoms with van der Waals surface area (Å²) in [6.07, 6.45) is -3.24. The Kier molecular flexibility index (Phi) is 3.98. The quantitative estimate of drug-likeness (QED) is 0.565. The van der Waals surface area contributed by atoms with E-state index in [0.717, 1.165) is 18.6 Å². The summed E-state index contributed by atoms with van der Waals surface area (Å²) in [5.41, 5.74) is 0.536.